The van der Waals surface area contributed by atoms with E-state index in [1.807, 2.05) is 12.1 Å². The lowest BCUT2D eigenvalue weighted by Crippen LogP contribution is -2.49. The van der Waals surface area contributed by atoms with Gasteiger partial charge in [-0.2, -0.15) is 0 Å². The summed E-state index contributed by atoms with van der Waals surface area (Å²) in [6, 6.07) is 6.16. The van der Waals surface area contributed by atoms with E-state index in [0.29, 0.717) is 16.6 Å². The minimum atomic E-state index is 0.0527. The van der Waals surface area contributed by atoms with Gasteiger partial charge in [0.25, 0.3) is 0 Å². The normalized spacial score (nSPS) is 17.8. The Morgan fingerprint density at radius 2 is 1.95 bits per heavy atom. The summed E-state index contributed by atoms with van der Waals surface area (Å²) >= 11 is 6.19. The summed E-state index contributed by atoms with van der Waals surface area (Å²) in [6.45, 7) is 8.22. The van der Waals surface area contributed by atoms with Crippen LogP contribution in [-0.4, -0.2) is 48.2 Å². The third-order valence-corrected chi connectivity index (χ3v) is 4.06. The molecule has 6 heteroatoms. The van der Waals surface area contributed by atoms with E-state index < -0.39 is 0 Å². The monoisotopic (exact) mass is 296 g/mol. The van der Waals surface area contributed by atoms with Gasteiger partial charge in [0.2, 0.25) is 0 Å². The number of oxime groups is 1. The van der Waals surface area contributed by atoms with Crippen molar-refractivity contribution in [1.29, 1.82) is 0 Å². The molecule has 0 unspecified atom stereocenters. The van der Waals surface area contributed by atoms with Crippen LogP contribution in [0.3, 0.4) is 0 Å². The van der Waals surface area contributed by atoms with Gasteiger partial charge in [-0.05, 0) is 26.0 Å². The number of halogens is 1. The molecule has 5 nitrogen and oxygen atoms in total. The highest BCUT2D eigenvalue weighted by Gasteiger charge is 2.22. The standard InChI is InChI=1S/C14H21ClN4O/c1-10(2)18-6-8-19(9-7-18)12-5-3-4-11(15)13(12)14(16)17-20/h3-5,10,20H,6-9H2,1-2H3,(H2,16,17). The van der Waals surface area contributed by atoms with E-state index in [1.165, 1.54) is 0 Å². The summed E-state index contributed by atoms with van der Waals surface area (Å²) in [4.78, 5) is 4.67. The Morgan fingerprint density at radius 3 is 2.50 bits per heavy atom. The van der Waals surface area contributed by atoms with Gasteiger partial charge < -0.3 is 15.8 Å². The van der Waals surface area contributed by atoms with Gasteiger partial charge in [-0.25, -0.2) is 0 Å². The van der Waals surface area contributed by atoms with Crippen molar-refractivity contribution in [2.24, 2.45) is 10.9 Å². The first kappa shape index (κ1) is 14.9. The second kappa shape index (κ2) is 6.33. The molecule has 1 aliphatic heterocycles. The highest BCUT2D eigenvalue weighted by Crippen LogP contribution is 2.28. The van der Waals surface area contributed by atoms with Gasteiger partial charge in [-0.15, -0.1) is 0 Å². The molecule has 0 saturated carbocycles. The van der Waals surface area contributed by atoms with Crippen molar-refractivity contribution in [2.45, 2.75) is 19.9 Å². The predicted octanol–water partition coefficient (Wildman–Crippen LogP) is 1.96. The molecule has 20 heavy (non-hydrogen) atoms. The maximum Gasteiger partial charge on any atom is 0.173 e. The number of nitrogens with zero attached hydrogens (tertiary/aromatic N) is 3. The van der Waals surface area contributed by atoms with Crippen LogP contribution in [-0.2, 0) is 0 Å². The number of hydrogen-bond donors (Lipinski definition) is 2. The molecule has 1 saturated heterocycles. The van der Waals surface area contributed by atoms with Gasteiger partial charge in [-0.1, -0.05) is 22.8 Å². The average Bonchev–Trinajstić information content (AvgIpc) is 2.46. The van der Waals surface area contributed by atoms with Gasteiger partial charge in [0.15, 0.2) is 5.84 Å². The third kappa shape index (κ3) is 2.99. The second-order valence-electron chi connectivity index (χ2n) is 5.24. The lowest BCUT2D eigenvalue weighted by Gasteiger charge is -2.38. The number of piperazine rings is 1. The van der Waals surface area contributed by atoms with Crippen molar-refractivity contribution in [1.82, 2.24) is 4.90 Å². The van der Waals surface area contributed by atoms with Crippen molar-refractivity contribution >= 4 is 23.1 Å². The lowest BCUT2D eigenvalue weighted by molar-refractivity contribution is 0.209. The van der Waals surface area contributed by atoms with Crippen molar-refractivity contribution < 1.29 is 5.21 Å². The van der Waals surface area contributed by atoms with Gasteiger partial charge >= 0.3 is 0 Å². The van der Waals surface area contributed by atoms with Crippen LogP contribution in [0.2, 0.25) is 5.02 Å². The molecule has 0 spiro atoms. The van der Waals surface area contributed by atoms with Crippen LogP contribution in [0.1, 0.15) is 19.4 Å². The fourth-order valence-electron chi connectivity index (χ4n) is 2.56. The van der Waals surface area contributed by atoms with Crippen molar-refractivity contribution in [3.8, 4) is 0 Å². The number of hydrogen-bond acceptors (Lipinski definition) is 4. The molecule has 1 heterocycles. The molecule has 0 atom stereocenters. The van der Waals surface area contributed by atoms with Crippen LogP contribution in [0.4, 0.5) is 5.69 Å². The van der Waals surface area contributed by atoms with Crippen LogP contribution in [0, 0.1) is 0 Å². The lowest BCUT2D eigenvalue weighted by atomic mass is 10.1. The van der Waals surface area contributed by atoms with Crippen LogP contribution < -0.4 is 10.6 Å². The Hall–Kier alpha value is -1.46. The smallest absolute Gasteiger partial charge is 0.173 e. The Kier molecular flexibility index (Phi) is 4.73. The molecule has 0 aliphatic carbocycles. The molecule has 1 aromatic carbocycles. The van der Waals surface area contributed by atoms with E-state index in [4.69, 9.17) is 22.5 Å². The first-order valence-electron chi connectivity index (χ1n) is 6.80. The molecular formula is C14H21ClN4O. The summed E-state index contributed by atoms with van der Waals surface area (Å²) in [5.41, 5.74) is 7.29. The molecule has 0 bridgehead atoms. The Bertz CT molecular complexity index is 496. The number of rotatable bonds is 3. The molecule has 0 radical (unpaired) electrons. The van der Waals surface area contributed by atoms with E-state index in [0.717, 1.165) is 31.9 Å². The summed E-state index contributed by atoms with van der Waals surface area (Å²) in [7, 11) is 0. The van der Waals surface area contributed by atoms with Crippen molar-refractivity contribution in [3.63, 3.8) is 0 Å². The molecule has 1 aromatic rings. The quantitative estimate of drug-likeness (QED) is 0.387. The van der Waals surface area contributed by atoms with Crippen LogP contribution in [0.5, 0.6) is 0 Å². The number of amidine groups is 1. The molecule has 1 fully saturated rings. The fourth-order valence-corrected chi connectivity index (χ4v) is 2.83. The zero-order valence-corrected chi connectivity index (χ0v) is 12.6. The SMILES string of the molecule is CC(C)N1CCN(c2cccc(Cl)c2C(N)=NO)CC1. The third-order valence-electron chi connectivity index (χ3n) is 3.74. The molecule has 1 aliphatic rings. The van der Waals surface area contributed by atoms with Crippen LogP contribution in [0.25, 0.3) is 0 Å². The second-order valence-corrected chi connectivity index (χ2v) is 5.64. The Morgan fingerprint density at radius 1 is 1.30 bits per heavy atom. The highest BCUT2D eigenvalue weighted by atomic mass is 35.5. The highest BCUT2D eigenvalue weighted by molar-refractivity contribution is 6.34. The minimum absolute atomic E-state index is 0.0527. The summed E-state index contributed by atoms with van der Waals surface area (Å²) in [5, 5.41) is 12.5. The average molecular weight is 297 g/mol. The molecular weight excluding hydrogens is 276 g/mol. The Labute approximate surface area is 124 Å². The maximum atomic E-state index is 8.93. The zero-order valence-electron chi connectivity index (χ0n) is 11.9. The molecule has 0 aromatic heterocycles. The number of nitrogens with two attached hydrogens (primary N) is 1. The zero-order chi connectivity index (χ0) is 14.7. The van der Waals surface area contributed by atoms with E-state index in [-0.39, 0.29) is 5.84 Å². The molecule has 3 N–H and O–H groups in total. The molecule has 0 amide bonds. The number of benzene rings is 1. The van der Waals surface area contributed by atoms with Gasteiger partial charge in [0.05, 0.1) is 10.6 Å². The molecule has 110 valence electrons. The summed E-state index contributed by atoms with van der Waals surface area (Å²) in [5.74, 6) is 0.0527. The number of anilines is 1. The fraction of sp³-hybridized carbons (Fsp3) is 0.500. The van der Waals surface area contributed by atoms with Crippen molar-refractivity contribution in [3.05, 3.63) is 28.8 Å². The Balaban J connectivity index is 2.24. The van der Waals surface area contributed by atoms with Crippen LogP contribution in [0.15, 0.2) is 23.4 Å². The van der Waals surface area contributed by atoms with E-state index in [2.05, 4.69) is 28.8 Å². The minimum Gasteiger partial charge on any atom is -0.409 e. The van der Waals surface area contributed by atoms with E-state index in [1.54, 1.807) is 6.07 Å². The van der Waals surface area contributed by atoms with Gasteiger partial charge in [0.1, 0.15) is 0 Å². The topological polar surface area (TPSA) is 65.1 Å². The van der Waals surface area contributed by atoms with Crippen LogP contribution >= 0.6 is 11.6 Å². The summed E-state index contributed by atoms with van der Waals surface area (Å²) in [6.07, 6.45) is 0. The predicted molar refractivity (Wildman–Crippen MR) is 82.9 cm³/mol. The van der Waals surface area contributed by atoms with Gasteiger partial charge in [0, 0.05) is 37.9 Å². The van der Waals surface area contributed by atoms with Crippen molar-refractivity contribution in [2.75, 3.05) is 31.1 Å². The van der Waals surface area contributed by atoms with E-state index >= 15 is 0 Å². The maximum absolute atomic E-state index is 8.93. The first-order chi connectivity index (χ1) is 9.54. The van der Waals surface area contributed by atoms with E-state index in [9.17, 15) is 0 Å². The summed E-state index contributed by atoms with van der Waals surface area (Å²) < 4.78 is 0. The van der Waals surface area contributed by atoms with Gasteiger partial charge in [-0.3, -0.25) is 4.90 Å². The largest absolute Gasteiger partial charge is 0.409 e. The first-order valence-corrected chi connectivity index (χ1v) is 7.17. The molecule has 2 rings (SSSR count).